The number of benzene rings is 2. The lowest BCUT2D eigenvalue weighted by Crippen LogP contribution is -2.31. The second kappa shape index (κ2) is 6.42. The third kappa shape index (κ3) is 3.53. The Kier molecular flexibility index (Phi) is 4.34. The monoisotopic (exact) mass is 372 g/mol. The molecule has 0 saturated heterocycles. The number of carbonyl (C=O) groups is 1. The summed E-state index contributed by atoms with van der Waals surface area (Å²) in [5.41, 5.74) is 3.62. The van der Waals surface area contributed by atoms with Gasteiger partial charge in [-0.15, -0.1) is 0 Å². The van der Waals surface area contributed by atoms with Gasteiger partial charge in [0.1, 0.15) is 5.82 Å². The second-order valence-corrected chi connectivity index (χ2v) is 6.33. The zero-order chi connectivity index (χ0) is 16.4. The summed E-state index contributed by atoms with van der Waals surface area (Å²) in [7, 11) is 0. The van der Waals surface area contributed by atoms with Crippen LogP contribution < -0.4 is 10.6 Å². The normalized spacial score (nSPS) is 12.1. The molecule has 1 aromatic heterocycles. The van der Waals surface area contributed by atoms with Crippen LogP contribution in [0.2, 0.25) is 0 Å². The fraction of sp³-hybridized carbons (Fsp3) is 0.176. The van der Waals surface area contributed by atoms with Crippen LogP contribution in [0.4, 0.5) is 10.5 Å². The zero-order valence-corrected chi connectivity index (χ0v) is 14.4. The van der Waals surface area contributed by atoms with Gasteiger partial charge in [0.05, 0.1) is 17.1 Å². The number of nitrogens with zero attached hydrogens (tertiary/aromatic N) is 1. The molecular weight excluding hydrogens is 356 g/mol. The summed E-state index contributed by atoms with van der Waals surface area (Å²) in [4.78, 5) is 19.9. The second-order valence-electron chi connectivity index (χ2n) is 5.42. The number of rotatable bonds is 3. The van der Waals surface area contributed by atoms with Gasteiger partial charge in [-0.25, -0.2) is 9.78 Å². The van der Waals surface area contributed by atoms with E-state index < -0.39 is 0 Å². The minimum absolute atomic E-state index is 0.224. The van der Waals surface area contributed by atoms with Crippen LogP contribution >= 0.6 is 15.9 Å². The number of amides is 2. The summed E-state index contributed by atoms with van der Waals surface area (Å²) in [6.45, 7) is 3.84. The van der Waals surface area contributed by atoms with E-state index in [1.807, 2.05) is 56.3 Å². The Morgan fingerprint density at radius 3 is 2.78 bits per heavy atom. The SMILES string of the molecule is Cc1cc(Br)ccc1NC(=O)NC(C)c1nc2ccccc2[nH]1. The lowest BCUT2D eigenvalue weighted by atomic mass is 10.2. The molecule has 1 heterocycles. The highest BCUT2D eigenvalue weighted by atomic mass is 79.9. The number of nitrogens with one attached hydrogen (secondary N) is 3. The van der Waals surface area contributed by atoms with E-state index in [9.17, 15) is 4.79 Å². The number of H-pyrrole nitrogens is 1. The number of halogens is 1. The summed E-state index contributed by atoms with van der Waals surface area (Å²) in [5.74, 6) is 0.730. The van der Waals surface area contributed by atoms with Crippen LogP contribution in [0.5, 0.6) is 0 Å². The third-order valence-corrected chi connectivity index (χ3v) is 4.10. The number of fused-ring (bicyclic) bond motifs is 1. The molecule has 3 N–H and O–H groups in total. The van der Waals surface area contributed by atoms with Crippen molar-refractivity contribution < 1.29 is 4.79 Å². The Bertz CT molecular complexity index is 826. The lowest BCUT2D eigenvalue weighted by Gasteiger charge is -2.14. The molecule has 0 aliphatic carbocycles. The first kappa shape index (κ1) is 15.6. The number of carbonyl (C=O) groups excluding carboxylic acids is 1. The molecule has 0 radical (unpaired) electrons. The van der Waals surface area contributed by atoms with Crippen molar-refractivity contribution in [2.24, 2.45) is 0 Å². The molecular formula is C17H17BrN4O. The standard InChI is InChI=1S/C17H17BrN4O/c1-10-9-12(18)7-8-13(10)22-17(23)19-11(2)16-20-14-5-3-4-6-15(14)21-16/h3-9,11H,1-2H3,(H,20,21)(H2,19,22,23). The van der Waals surface area contributed by atoms with Crippen LogP contribution in [0.3, 0.4) is 0 Å². The maximum Gasteiger partial charge on any atom is 0.319 e. The molecule has 3 aromatic rings. The Morgan fingerprint density at radius 2 is 2.04 bits per heavy atom. The highest BCUT2D eigenvalue weighted by Crippen LogP contribution is 2.20. The van der Waals surface area contributed by atoms with Crippen molar-refractivity contribution in [3.8, 4) is 0 Å². The van der Waals surface area contributed by atoms with Gasteiger partial charge in [-0.2, -0.15) is 0 Å². The van der Waals surface area contributed by atoms with Gasteiger partial charge < -0.3 is 15.6 Å². The van der Waals surface area contributed by atoms with Crippen molar-refractivity contribution in [1.82, 2.24) is 15.3 Å². The van der Waals surface area contributed by atoms with Gasteiger partial charge in [0, 0.05) is 10.2 Å². The fourth-order valence-electron chi connectivity index (χ4n) is 2.37. The predicted octanol–water partition coefficient (Wildman–Crippen LogP) is 4.52. The minimum atomic E-state index is -0.261. The summed E-state index contributed by atoms with van der Waals surface area (Å²) >= 11 is 3.41. The Morgan fingerprint density at radius 1 is 1.26 bits per heavy atom. The zero-order valence-electron chi connectivity index (χ0n) is 12.9. The van der Waals surface area contributed by atoms with Crippen molar-refractivity contribution in [3.63, 3.8) is 0 Å². The van der Waals surface area contributed by atoms with E-state index in [2.05, 4.69) is 36.5 Å². The van der Waals surface area contributed by atoms with E-state index in [4.69, 9.17) is 0 Å². The van der Waals surface area contributed by atoms with E-state index in [0.717, 1.165) is 32.6 Å². The Labute approximate surface area is 142 Å². The first-order valence-corrected chi connectivity index (χ1v) is 8.10. The molecule has 1 unspecified atom stereocenters. The maximum absolute atomic E-state index is 12.2. The molecule has 3 rings (SSSR count). The average molecular weight is 373 g/mol. The van der Waals surface area contributed by atoms with Crippen molar-refractivity contribution in [2.45, 2.75) is 19.9 Å². The molecule has 23 heavy (non-hydrogen) atoms. The van der Waals surface area contributed by atoms with E-state index in [1.54, 1.807) is 0 Å². The topological polar surface area (TPSA) is 69.8 Å². The van der Waals surface area contributed by atoms with Gasteiger partial charge in [0.2, 0.25) is 0 Å². The average Bonchev–Trinajstić information content (AvgIpc) is 2.94. The van der Waals surface area contributed by atoms with Crippen molar-refractivity contribution in [1.29, 1.82) is 0 Å². The first-order valence-electron chi connectivity index (χ1n) is 7.31. The number of hydrogen-bond acceptors (Lipinski definition) is 2. The molecule has 2 amide bonds. The maximum atomic E-state index is 12.2. The van der Waals surface area contributed by atoms with Crippen LogP contribution in [0.1, 0.15) is 24.4 Å². The minimum Gasteiger partial charge on any atom is -0.340 e. The van der Waals surface area contributed by atoms with Gasteiger partial charge in [0.15, 0.2) is 0 Å². The quantitative estimate of drug-likeness (QED) is 0.632. The molecule has 0 fully saturated rings. The van der Waals surface area contributed by atoms with E-state index in [-0.39, 0.29) is 12.1 Å². The third-order valence-electron chi connectivity index (χ3n) is 3.60. The highest BCUT2D eigenvalue weighted by molar-refractivity contribution is 9.10. The van der Waals surface area contributed by atoms with Crippen LogP contribution in [0.15, 0.2) is 46.9 Å². The molecule has 0 aliphatic heterocycles. The molecule has 1 atom stereocenters. The number of aromatic nitrogens is 2. The molecule has 118 valence electrons. The van der Waals surface area contributed by atoms with E-state index in [0.29, 0.717) is 0 Å². The van der Waals surface area contributed by atoms with Crippen molar-refractivity contribution in [3.05, 3.63) is 58.3 Å². The summed E-state index contributed by atoms with van der Waals surface area (Å²) in [6, 6.07) is 13.0. The number of imidazole rings is 1. The van der Waals surface area contributed by atoms with Gasteiger partial charge in [-0.3, -0.25) is 0 Å². The van der Waals surface area contributed by atoms with Gasteiger partial charge >= 0.3 is 6.03 Å². The van der Waals surface area contributed by atoms with Crippen LogP contribution in [0, 0.1) is 6.92 Å². The molecule has 2 aromatic carbocycles. The van der Waals surface area contributed by atoms with Crippen LogP contribution in [-0.2, 0) is 0 Å². The van der Waals surface area contributed by atoms with Gasteiger partial charge in [-0.05, 0) is 49.7 Å². The summed E-state index contributed by atoms with van der Waals surface area (Å²) in [5, 5.41) is 5.75. The molecule has 0 spiro atoms. The lowest BCUT2D eigenvalue weighted by molar-refractivity contribution is 0.249. The number of aryl methyl sites for hydroxylation is 1. The molecule has 0 saturated carbocycles. The summed E-state index contributed by atoms with van der Waals surface area (Å²) < 4.78 is 0.983. The van der Waals surface area contributed by atoms with Gasteiger partial charge in [-0.1, -0.05) is 28.1 Å². The summed E-state index contributed by atoms with van der Waals surface area (Å²) in [6.07, 6.45) is 0. The number of aromatic amines is 1. The van der Waals surface area contributed by atoms with Crippen molar-refractivity contribution in [2.75, 3.05) is 5.32 Å². The van der Waals surface area contributed by atoms with Crippen LogP contribution in [0.25, 0.3) is 11.0 Å². The number of urea groups is 1. The predicted molar refractivity (Wildman–Crippen MR) is 95.5 cm³/mol. The fourth-order valence-corrected chi connectivity index (χ4v) is 2.84. The smallest absolute Gasteiger partial charge is 0.319 e. The molecule has 0 bridgehead atoms. The molecule has 5 nitrogen and oxygen atoms in total. The van der Waals surface area contributed by atoms with Gasteiger partial charge in [0.25, 0.3) is 0 Å². The Balaban J connectivity index is 1.69. The number of anilines is 1. The van der Waals surface area contributed by atoms with E-state index >= 15 is 0 Å². The van der Waals surface area contributed by atoms with E-state index in [1.165, 1.54) is 0 Å². The first-order chi connectivity index (χ1) is 11.0. The highest BCUT2D eigenvalue weighted by Gasteiger charge is 2.14. The largest absolute Gasteiger partial charge is 0.340 e. The van der Waals surface area contributed by atoms with Crippen LogP contribution in [-0.4, -0.2) is 16.0 Å². The van der Waals surface area contributed by atoms with Crippen molar-refractivity contribution >= 4 is 38.7 Å². The molecule has 0 aliphatic rings. The molecule has 6 heteroatoms. The number of hydrogen-bond donors (Lipinski definition) is 3. The number of para-hydroxylation sites is 2. The Hall–Kier alpha value is -2.34.